The van der Waals surface area contributed by atoms with E-state index in [1.54, 1.807) is 0 Å². The van der Waals surface area contributed by atoms with Crippen LogP contribution in [-0.4, -0.2) is 23.3 Å². The van der Waals surface area contributed by atoms with Gasteiger partial charge in [0.1, 0.15) is 0 Å². The van der Waals surface area contributed by atoms with Crippen LogP contribution >= 0.6 is 11.8 Å². The van der Waals surface area contributed by atoms with Crippen molar-refractivity contribution in [1.82, 2.24) is 10.3 Å². The van der Waals surface area contributed by atoms with Gasteiger partial charge in [0.15, 0.2) is 0 Å². The third-order valence-corrected chi connectivity index (χ3v) is 2.97. The first-order valence-electron chi connectivity index (χ1n) is 4.59. The number of hydrogen-bond acceptors (Lipinski definition) is 3. The fourth-order valence-electron chi connectivity index (χ4n) is 1.06. The predicted octanol–water partition coefficient (Wildman–Crippen LogP) is 2.17. The van der Waals surface area contributed by atoms with Crippen molar-refractivity contribution in [2.45, 2.75) is 24.8 Å². The molecule has 0 bridgehead atoms. The predicted molar refractivity (Wildman–Crippen MR) is 58.1 cm³/mol. The fraction of sp³-hybridized carbons (Fsp3) is 0.500. The van der Waals surface area contributed by atoms with E-state index in [0.717, 1.165) is 12.3 Å². The molecule has 0 aliphatic heterocycles. The zero-order valence-electron chi connectivity index (χ0n) is 8.16. The van der Waals surface area contributed by atoms with Crippen LogP contribution < -0.4 is 5.32 Å². The van der Waals surface area contributed by atoms with E-state index in [1.807, 2.05) is 36.3 Å². The van der Waals surface area contributed by atoms with Crippen LogP contribution in [0.3, 0.4) is 0 Å². The van der Waals surface area contributed by atoms with Gasteiger partial charge in [-0.15, -0.1) is 11.8 Å². The molecule has 1 atom stereocenters. The van der Waals surface area contributed by atoms with Crippen LogP contribution in [0.2, 0.25) is 0 Å². The molecule has 1 aromatic rings. The summed E-state index contributed by atoms with van der Waals surface area (Å²) in [7, 11) is 0. The van der Waals surface area contributed by atoms with Gasteiger partial charge in [0.2, 0.25) is 0 Å². The molecule has 0 aliphatic rings. The van der Waals surface area contributed by atoms with Crippen LogP contribution in [0.4, 0.5) is 0 Å². The summed E-state index contributed by atoms with van der Waals surface area (Å²) in [6.45, 7) is 5.38. The van der Waals surface area contributed by atoms with Crippen LogP contribution in [0.15, 0.2) is 29.4 Å². The zero-order chi connectivity index (χ0) is 9.52. The molecule has 2 nitrogen and oxygen atoms in total. The minimum Gasteiger partial charge on any atom is -0.314 e. The molecule has 1 heterocycles. The Bertz CT molecular complexity index is 226. The van der Waals surface area contributed by atoms with Crippen molar-refractivity contribution >= 4 is 11.8 Å². The molecule has 0 amide bonds. The highest BCUT2D eigenvalue weighted by atomic mass is 32.2. The quantitative estimate of drug-likeness (QED) is 0.731. The standard InChI is InChI=1S/C10H16N2S/c1-3-12-9(2)8-13-10-4-6-11-7-5-10/h4-7,9,12H,3,8H2,1-2H3. The summed E-state index contributed by atoms with van der Waals surface area (Å²) in [5.74, 6) is 1.11. The van der Waals surface area contributed by atoms with Crippen molar-refractivity contribution in [3.8, 4) is 0 Å². The Morgan fingerprint density at radius 2 is 2.15 bits per heavy atom. The summed E-state index contributed by atoms with van der Waals surface area (Å²) < 4.78 is 0. The van der Waals surface area contributed by atoms with Crippen molar-refractivity contribution in [1.29, 1.82) is 0 Å². The Morgan fingerprint density at radius 1 is 1.46 bits per heavy atom. The second-order valence-electron chi connectivity index (χ2n) is 2.95. The second kappa shape index (κ2) is 6.00. The maximum atomic E-state index is 3.98. The normalized spacial score (nSPS) is 12.8. The molecular weight excluding hydrogens is 180 g/mol. The largest absolute Gasteiger partial charge is 0.314 e. The van der Waals surface area contributed by atoms with Gasteiger partial charge in [-0.1, -0.05) is 6.92 Å². The monoisotopic (exact) mass is 196 g/mol. The van der Waals surface area contributed by atoms with E-state index in [2.05, 4.69) is 24.1 Å². The smallest absolute Gasteiger partial charge is 0.0278 e. The van der Waals surface area contributed by atoms with Crippen molar-refractivity contribution in [3.05, 3.63) is 24.5 Å². The van der Waals surface area contributed by atoms with Crippen LogP contribution in [0.25, 0.3) is 0 Å². The van der Waals surface area contributed by atoms with Crippen LogP contribution in [0.1, 0.15) is 13.8 Å². The van der Waals surface area contributed by atoms with Crippen molar-refractivity contribution in [2.24, 2.45) is 0 Å². The van der Waals surface area contributed by atoms with Crippen molar-refractivity contribution in [3.63, 3.8) is 0 Å². The van der Waals surface area contributed by atoms with Gasteiger partial charge in [-0.2, -0.15) is 0 Å². The number of aromatic nitrogens is 1. The lowest BCUT2D eigenvalue weighted by Gasteiger charge is -2.10. The average Bonchev–Trinajstić information content (AvgIpc) is 2.17. The maximum absolute atomic E-state index is 3.98. The Kier molecular flexibility index (Phi) is 4.86. The highest BCUT2D eigenvalue weighted by Crippen LogP contribution is 2.16. The van der Waals surface area contributed by atoms with Crippen LogP contribution in [0, 0.1) is 0 Å². The minimum atomic E-state index is 0.572. The first kappa shape index (κ1) is 10.5. The van der Waals surface area contributed by atoms with Gasteiger partial charge in [-0.25, -0.2) is 0 Å². The molecule has 1 aromatic heterocycles. The van der Waals surface area contributed by atoms with E-state index in [1.165, 1.54) is 4.90 Å². The zero-order valence-corrected chi connectivity index (χ0v) is 8.97. The Morgan fingerprint density at radius 3 is 2.77 bits per heavy atom. The summed E-state index contributed by atoms with van der Waals surface area (Å²) in [6.07, 6.45) is 3.67. The molecule has 1 unspecified atom stereocenters. The summed E-state index contributed by atoms with van der Waals surface area (Å²) in [4.78, 5) is 5.27. The summed E-state index contributed by atoms with van der Waals surface area (Å²) >= 11 is 1.87. The highest BCUT2D eigenvalue weighted by Gasteiger charge is 1.99. The second-order valence-corrected chi connectivity index (χ2v) is 4.05. The van der Waals surface area contributed by atoms with Gasteiger partial charge in [0.05, 0.1) is 0 Å². The van der Waals surface area contributed by atoms with E-state index in [-0.39, 0.29) is 0 Å². The first-order valence-corrected chi connectivity index (χ1v) is 5.57. The lowest BCUT2D eigenvalue weighted by molar-refractivity contribution is 0.620. The number of nitrogens with zero attached hydrogens (tertiary/aromatic N) is 1. The number of hydrogen-bond donors (Lipinski definition) is 1. The molecule has 1 N–H and O–H groups in total. The average molecular weight is 196 g/mol. The first-order chi connectivity index (χ1) is 6.33. The molecule has 3 heteroatoms. The molecule has 0 fully saturated rings. The summed E-state index contributed by atoms with van der Waals surface area (Å²) in [6, 6.07) is 4.66. The molecular formula is C10H16N2S. The molecule has 0 saturated heterocycles. The number of pyridine rings is 1. The van der Waals surface area contributed by atoms with Gasteiger partial charge in [0, 0.05) is 29.1 Å². The Hall–Kier alpha value is -0.540. The third-order valence-electron chi connectivity index (χ3n) is 1.70. The maximum Gasteiger partial charge on any atom is 0.0278 e. The SMILES string of the molecule is CCNC(C)CSc1ccncc1. The topological polar surface area (TPSA) is 24.9 Å². The highest BCUT2D eigenvalue weighted by molar-refractivity contribution is 7.99. The van der Waals surface area contributed by atoms with Gasteiger partial charge in [0.25, 0.3) is 0 Å². The number of rotatable bonds is 5. The van der Waals surface area contributed by atoms with E-state index in [4.69, 9.17) is 0 Å². The molecule has 13 heavy (non-hydrogen) atoms. The molecule has 72 valence electrons. The molecule has 0 radical (unpaired) electrons. The Labute approximate surface area is 84.1 Å². The third kappa shape index (κ3) is 4.29. The Balaban J connectivity index is 2.27. The summed E-state index contributed by atoms with van der Waals surface area (Å²) in [5, 5.41) is 3.38. The van der Waals surface area contributed by atoms with Gasteiger partial charge >= 0.3 is 0 Å². The van der Waals surface area contributed by atoms with E-state index in [9.17, 15) is 0 Å². The molecule has 0 spiro atoms. The van der Waals surface area contributed by atoms with Gasteiger partial charge < -0.3 is 5.32 Å². The van der Waals surface area contributed by atoms with Crippen LogP contribution in [0.5, 0.6) is 0 Å². The molecule has 0 aliphatic carbocycles. The van der Waals surface area contributed by atoms with Gasteiger partial charge in [-0.05, 0) is 25.6 Å². The van der Waals surface area contributed by atoms with Crippen molar-refractivity contribution in [2.75, 3.05) is 12.3 Å². The molecule has 0 saturated carbocycles. The number of nitrogens with one attached hydrogen (secondary N) is 1. The lowest BCUT2D eigenvalue weighted by atomic mass is 10.4. The number of thioether (sulfide) groups is 1. The summed E-state index contributed by atoms with van der Waals surface area (Å²) in [5.41, 5.74) is 0. The molecule has 0 aromatic carbocycles. The van der Waals surface area contributed by atoms with Gasteiger partial charge in [-0.3, -0.25) is 4.98 Å². The fourth-order valence-corrected chi connectivity index (χ4v) is 1.94. The lowest BCUT2D eigenvalue weighted by Crippen LogP contribution is -2.27. The van der Waals surface area contributed by atoms with E-state index < -0.39 is 0 Å². The van der Waals surface area contributed by atoms with Crippen molar-refractivity contribution < 1.29 is 0 Å². The minimum absolute atomic E-state index is 0.572. The molecule has 1 rings (SSSR count). The van der Waals surface area contributed by atoms with Crippen LogP contribution in [-0.2, 0) is 0 Å². The van der Waals surface area contributed by atoms with E-state index in [0.29, 0.717) is 6.04 Å². The van der Waals surface area contributed by atoms with E-state index >= 15 is 0 Å².